The van der Waals surface area contributed by atoms with Crippen molar-refractivity contribution in [2.24, 2.45) is 11.8 Å². The van der Waals surface area contributed by atoms with Gasteiger partial charge in [-0.3, -0.25) is 0 Å². The van der Waals surface area contributed by atoms with Crippen LogP contribution < -0.4 is 0 Å². The van der Waals surface area contributed by atoms with Crippen LogP contribution in [0.3, 0.4) is 0 Å². The second-order valence-corrected chi connectivity index (χ2v) is 8.06. The third kappa shape index (κ3) is 6.86. The first kappa shape index (κ1) is 21.2. The smallest absolute Gasteiger partial charge is 0.0152 e. The molecule has 0 radical (unpaired) electrons. The van der Waals surface area contributed by atoms with Crippen LogP contribution in [0.2, 0.25) is 0 Å². The number of fused-ring (bicyclic) bond motifs is 1. The number of aryl methyl sites for hydroxylation is 1. The Bertz CT molecular complexity index is 810. The van der Waals surface area contributed by atoms with Crippen LogP contribution in [0.1, 0.15) is 57.2 Å². The molecule has 0 fully saturated rings. The molecule has 0 N–H and O–H groups in total. The molecule has 2 unspecified atom stereocenters. The van der Waals surface area contributed by atoms with Crippen molar-refractivity contribution < 1.29 is 0 Å². The summed E-state index contributed by atoms with van der Waals surface area (Å²) in [6.07, 6.45) is 4.94. The average Bonchev–Trinajstić information content (AvgIpc) is 2.68. The van der Waals surface area contributed by atoms with E-state index in [1.165, 1.54) is 53.1 Å². The van der Waals surface area contributed by atoms with Gasteiger partial charge in [-0.2, -0.15) is 0 Å². The Morgan fingerprint density at radius 2 is 1.33 bits per heavy atom. The Labute approximate surface area is 166 Å². The van der Waals surface area contributed by atoms with Crippen molar-refractivity contribution in [1.82, 2.24) is 0 Å². The molecule has 2 atom stereocenters. The molecular weight excluding hydrogens is 324 g/mol. The molecule has 3 aromatic carbocycles. The lowest BCUT2D eigenvalue weighted by Crippen LogP contribution is -1.98. The SMILES string of the molecule is CCC(C)Cc1cccc(C)c1.CCC(C)Cc1cccc2ccccc12. The summed E-state index contributed by atoms with van der Waals surface area (Å²) >= 11 is 0. The summed E-state index contributed by atoms with van der Waals surface area (Å²) in [7, 11) is 0. The molecule has 0 heterocycles. The maximum atomic E-state index is 2.32. The first-order valence-corrected chi connectivity index (χ1v) is 10.6. The van der Waals surface area contributed by atoms with Crippen LogP contribution >= 0.6 is 0 Å². The van der Waals surface area contributed by atoms with Crippen molar-refractivity contribution >= 4 is 10.8 Å². The summed E-state index contributed by atoms with van der Waals surface area (Å²) in [5.74, 6) is 1.59. The molecule has 0 heteroatoms. The molecular formula is C27H36. The Hall–Kier alpha value is -2.08. The van der Waals surface area contributed by atoms with Crippen LogP contribution in [0, 0.1) is 18.8 Å². The van der Waals surface area contributed by atoms with E-state index >= 15 is 0 Å². The third-order valence-corrected chi connectivity index (χ3v) is 5.51. The fourth-order valence-corrected chi connectivity index (χ4v) is 3.38. The summed E-state index contributed by atoms with van der Waals surface area (Å²) < 4.78 is 0. The minimum atomic E-state index is 0.774. The summed E-state index contributed by atoms with van der Waals surface area (Å²) in [4.78, 5) is 0. The molecule has 3 rings (SSSR count). The van der Waals surface area contributed by atoms with Gasteiger partial charge in [-0.25, -0.2) is 0 Å². The highest BCUT2D eigenvalue weighted by Crippen LogP contribution is 2.22. The van der Waals surface area contributed by atoms with E-state index in [1.807, 2.05) is 0 Å². The van der Waals surface area contributed by atoms with Crippen molar-refractivity contribution in [1.29, 1.82) is 0 Å². The number of benzene rings is 3. The average molecular weight is 361 g/mol. The normalized spacial score (nSPS) is 12.9. The van der Waals surface area contributed by atoms with E-state index < -0.39 is 0 Å². The third-order valence-electron chi connectivity index (χ3n) is 5.51. The molecule has 0 aliphatic rings. The van der Waals surface area contributed by atoms with Gasteiger partial charge in [0.25, 0.3) is 0 Å². The van der Waals surface area contributed by atoms with E-state index in [0.717, 1.165) is 11.8 Å². The van der Waals surface area contributed by atoms with Gasteiger partial charge in [-0.1, -0.05) is 113 Å². The summed E-state index contributed by atoms with van der Waals surface area (Å²) in [5.41, 5.74) is 4.34. The van der Waals surface area contributed by atoms with Gasteiger partial charge in [-0.05, 0) is 53.5 Å². The van der Waals surface area contributed by atoms with Crippen molar-refractivity contribution in [2.45, 2.75) is 60.3 Å². The number of hydrogen-bond donors (Lipinski definition) is 0. The molecule has 0 bridgehead atoms. The van der Waals surface area contributed by atoms with Crippen LogP contribution in [-0.2, 0) is 12.8 Å². The van der Waals surface area contributed by atoms with Gasteiger partial charge >= 0.3 is 0 Å². The molecule has 3 aromatic rings. The van der Waals surface area contributed by atoms with Gasteiger partial charge in [0.2, 0.25) is 0 Å². The molecule has 0 aromatic heterocycles. The topological polar surface area (TPSA) is 0 Å². The fraction of sp³-hybridized carbons (Fsp3) is 0.407. The highest BCUT2D eigenvalue weighted by molar-refractivity contribution is 5.85. The van der Waals surface area contributed by atoms with E-state index in [4.69, 9.17) is 0 Å². The zero-order valence-electron chi connectivity index (χ0n) is 17.8. The second kappa shape index (κ2) is 10.9. The van der Waals surface area contributed by atoms with Crippen molar-refractivity contribution in [3.8, 4) is 0 Å². The Balaban J connectivity index is 0.000000199. The van der Waals surface area contributed by atoms with Crippen LogP contribution in [-0.4, -0.2) is 0 Å². The lowest BCUT2D eigenvalue weighted by molar-refractivity contribution is 0.560. The van der Waals surface area contributed by atoms with Gasteiger partial charge in [0.15, 0.2) is 0 Å². The Kier molecular flexibility index (Phi) is 8.58. The molecule has 0 amide bonds. The minimum absolute atomic E-state index is 0.774. The molecule has 0 aliphatic carbocycles. The fourth-order valence-electron chi connectivity index (χ4n) is 3.38. The monoisotopic (exact) mass is 360 g/mol. The van der Waals surface area contributed by atoms with Crippen molar-refractivity contribution in [3.05, 3.63) is 83.4 Å². The first-order chi connectivity index (χ1) is 13.0. The molecule has 0 nitrogen and oxygen atoms in total. The van der Waals surface area contributed by atoms with Gasteiger partial charge in [0.1, 0.15) is 0 Å². The van der Waals surface area contributed by atoms with Gasteiger partial charge in [0.05, 0.1) is 0 Å². The highest BCUT2D eigenvalue weighted by Gasteiger charge is 2.04. The van der Waals surface area contributed by atoms with E-state index in [1.54, 1.807) is 0 Å². The molecule has 0 saturated carbocycles. The van der Waals surface area contributed by atoms with Crippen LogP contribution in [0.4, 0.5) is 0 Å². The predicted molar refractivity (Wildman–Crippen MR) is 121 cm³/mol. The summed E-state index contributed by atoms with van der Waals surface area (Å²) in [6, 6.07) is 24.1. The number of rotatable bonds is 6. The maximum Gasteiger partial charge on any atom is -0.0152 e. The van der Waals surface area contributed by atoms with Crippen molar-refractivity contribution in [3.63, 3.8) is 0 Å². The van der Waals surface area contributed by atoms with Crippen LogP contribution in [0.25, 0.3) is 10.8 Å². The zero-order chi connectivity index (χ0) is 19.6. The summed E-state index contributed by atoms with van der Waals surface area (Å²) in [5, 5.41) is 2.78. The van der Waals surface area contributed by atoms with E-state index in [0.29, 0.717) is 0 Å². The standard InChI is InChI=1S/C15H18.C12H18/c1-3-12(2)11-14-9-6-8-13-7-4-5-10-15(13)14;1-4-10(2)8-12-7-5-6-11(3)9-12/h4-10,12H,3,11H2,1-2H3;5-7,9-10H,4,8H2,1-3H3. The van der Waals surface area contributed by atoms with Crippen molar-refractivity contribution in [2.75, 3.05) is 0 Å². The van der Waals surface area contributed by atoms with E-state index in [9.17, 15) is 0 Å². The quantitative estimate of drug-likeness (QED) is 0.417. The molecule has 0 saturated heterocycles. The van der Waals surface area contributed by atoms with Gasteiger partial charge in [0, 0.05) is 0 Å². The largest absolute Gasteiger partial charge is 0.0651 e. The lowest BCUT2D eigenvalue weighted by atomic mass is 9.95. The van der Waals surface area contributed by atoms with Crippen LogP contribution in [0.5, 0.6) is 0 Å². The predicted octanol–water partition coefficient (Wildman–Crippen LogP) is 8.01. The molecule has 0 aliphatic heterocycles. The van der Waals surface area contributed by atoms with E-state index in [-0.39, 0.29) is 0 Å². The number of hydrogen-bond acceptors (Lipinski definition) is 0. The molecule has 144 valence electrons. The Morgan fingerprint density at radius 1 is 0.704 bits per heavy atom. The first-order valence-electron chi connectivity index (χ1n) is 10.6. The van der Waals surface area contributed by atoms with E-state index in [2.05, 4.69) is 101 Å². The second-order valence-electron chi connectivity index (χ2n) is 8.06. The molecule has 0 spiro atoms. The lowest BCUT2D eigenvalue weighted by Gasteiger charge is -2.10. The summed E-state index contributed by atoms with van der Waals surface area (Å²) in [6.45, 7) is 11.3. The highest BCUT2D eigenvalue weighted by atomic mass is 14.1. The van der Waals surface area contributed by atoms with Crippen LogP contribution in [0.15, 0.2) is 66.7 Å². The molecule has 27 heavy (non-hydrogen) atoms. The Morgan fingerprint density at radius 3 is 2.04 bits per heavy atom. The maximum absolute atomic E-state index is 2.32. The van der Waals surface area contributed by atoms with Gasteiger partial charge < -0.3 is 0 Å². The zero-order valence-corrected chi connectivity index (χ0v) is 17.8. The minimum Gasteiger partial charge on any atom is -0.0651 e. The van der Waals surface area contributed by atoms with Gasteiger partial charge in [-0.15, -0.1) is 0 Å².